The van der Waals surface area contributed by atoms with Gasteiger partial charge in [-0.25, -0.2) is 0 Å². The number of hydrogen-bond donors (Lipinski definition) is 0. The van der Waals surface area contributed by atoms with E-state index in [2.05, 4.69) is 22.1 Å². The lowest BCUT2D eigenvalue weighted by atomic mass is 10.1. The van der Waals surface area contributed by atoms with Crippen LogP contribution in [0.2, 0.25) is 0 Å². The highest BCUT2D eigenvalue weighted by Crippen LogP contribution is 2.18. The maximum absolute atomic E-state index is 4.25. The fraction of sp³-hybridized carbons (Fsp3) is 0. The van der Waals surface area contributed by atoms with Gasteiger partial charge in [-0.1, -0.05) is 18.2 Å². The van der Waals surface area contributed by atoms with E-state index in [0.717, 1.165) is 21.8 Å². The van der Waals surface area contributed by atoms with Crippen LogP contribution in [-0.4, -0.2) is 9.97 Å². The standard InChI is InChI=1S/C12H7N2/c1-2-4-10-8-12-11(7-9(10)3-1)13-5-6-14-12/h1-3,5-8H. The first-order valence-corrected chi connectivity index (χ1v) is 4.45. The SMILES string of the molecule is [c]1cccc2cc3nccnc3cc12. The van der Waals surface area contributed by atoms with E-state index in [-0.39, 0.29) is 0 Å². The van der Waals surface area contributed by atoms with Crippen molar-refractivity contribution in [2.45, 2.75) is 0 Å². The molecule has 3 aromatic rings. The molecule has 65 valence electrons. The Labute approximate surface area is 81.2 Å². The molecule has 0 spiro atoms. The van der Waals surface area contributed by atoms with Crippen LogP contribution >= 0.6 is 0 Å². The van der Waals surface area contributed by atoms with E-state index in [1.54, 1.807) is 12.4 Å². The largest absolute Gasteiger partial charge is 0.253 e. The second kappa shape index (κ2) is 2.77. The second-order valence-electron chi connectivity index (χ2n) is 3.15. The fourth-order valence-corrected chi connectivity index (χ4v) is 1.58. The Hall–Kier alpha value is -1.96. The Bertz CT molecular complexity index is 497. The predicted octanol–water partition coefficient (Wildman–Crippen LogP) is 2.58. The first-order chi connectivity index (χ1) is 6.93. The lowest BCUT2D eigenvalue weighted by Gasteiger charge is -1.98. The van der Waals surface area contributed by atoms with Crippen LogP contribution in [0.1, 0.15) is 0 Å². The summed E-state index contributed by atoms with van der Waals surface area (Å²) in [6.07, 6.45) is 3.41. The molecule has 1 radical (unpaired) electrons. The highest BCUT2D eigenvalue weighted by atomic mass is 14.8. The fourth-order valence-electron chi connectivity index (χ4n) is 1.58. The van der Waals surface area contributed by atoms with Gasteiger partial charge in [0.25, 0.3) is 0 Å². The summed E-state index contributed by atoms with van der Waals surface area (Å²) < 4.78 is 0. The molecule has 0 amide bonds. The lowest BCUT2D eigenvalue weighted by Crippen LogP contribution is -1.82. The molecule has 0 bridgehead atoms. The van der Waals surface area contributed by atoms with Gasteiger partial charge in [-0.15, -0.1) is 0 Å². The van der Waals surface area contributed by atoms with Crippen molar-refractivity contribution in [3.63, 3.8) is 0 Å². The van der Waals surface area contributed by atoms with Crippen molar-refractivity contribution in [1.29, 1.82) is 0 Å². The third kappa shape index (κ3) is 1.04. The zero-order valence-corrected chi connectivity index (χ0v) is 7.44. The third-order valence-corrected chi connectivity index (χ3v) is 2.25. The number of fused-ring (bicyclic) bond motifs is 2. The van der Waals surface area contributed by atoms with Crippen LogP contribution in [0.4, 0.5) is 0 Å². The molecular weight excluding hydrogens is 172 g/mol. The molecule has 0 aliphatic heterocycles. The highest BCUT2D eigenvalue weighted by Gasteiger charge is 1.97. The maximum Gasteiger partial charge on any atom is 0.0893 e. The Morgan fingerprint density at radius 2 is 1.79 bits per heavy atom. The molecule has 0 unspecified atom stereocenters. The van der Waals surface area contributed by atoms with E-state index in [1.807, 2.05) is 24.3 Å². The number of rotatable bonds is 0. The molecule has 0 saturated heterocycles. The molecule has 14 heavy (non-hydrogen) atoms. The number of nitrogens with zero attached hydrogens (tertiary/aromatic N) is 2. The summed E-state index contributed by atoms with van der Waals surface area (Å²) in [5, 5.41) is 2.24. The Kier molecular flexibility index (Phi) is 1.47. The quantitative estimate of drug-likeness (QED) is 0.496. The lowest BCUT2D eigenvalue weighted by molar-refractivity contribution is 1.30. The van der Waals surface area contributed by atoms with Crippen LogP contribution < -0.4 is 0 Å². The molecule has 0 saturated carbocycles. The van der Waals surface area contributed by atoms with Crippen molar-refractivity contribution >= 4 is 21.8 Å². The maximum atomic E-state index is 4.25. The number of aromatic nitrogens is 2. The summed E-state index contributed by atoms with van der Waals surface area (Å²) in [6, 6.07) is 13.2. The minimum Gasteiger partial charge on any atom is -0.253 e. The van der Waals surface area contributed by atoms with Gasteiger partial charge < -0.3 is 0 Å². The van der Waals surface area contributed by atoms with Crippen LogP contribution in [0, 0.1) is 6.07 Å². The first kappa shape index (κ1) is 7.44. The molecule has 1 aromatic heterocycles. The Morgan fingerprint density at radius 1 is 1.00 bits per heavy atom. The van der Waals surface area contributed by atoms with Gasteiger partial charge in [0, 0.05) is 12.4 Å². The summed E-state index contributed by atoms with van der Waals surface area (Å²) in [6.45, 7) is 0. The zero-order valence-electron chi connectivity index (χ0n) is 7.44. The van der Waals surface area contributed by atoms with Crippen LogP contribution in [0.15, 0.2) is 42.7 Å². The average Bonchev–Trinajstić information content (AvgIpc) is 2.26. The van der Waals surface area contributed by atoms with Gasteiger partial charge in [0.15, 0.2) is 0 Å². The predicted molar refractivity (Wildman–Crippen MR) is 55.9 cm³/mol. The van der Waals surface area contributed by atoms with Crippen LogP contribution in [0.5, 0.6) is 0 Å². The molecular formula is C12H7N2. The number of hydrogen-bond acceptors (Lipinski definition) is 2. The van der Waals surface area contributed by atoms with E-state index < -0.39 is 0 Å². The Balaban J connectivity index is 2.52. The van der Waals surface area contributed by atoms with Crippen molar-refractivity contribution < 1.29 is 0 Å². The first-order valence-electron chi connectivity index (χ1n) is 4.45. The van der Waals surface area contributed by atoms with Gasteiger partial charge in [-0.3, -0.25) is 9.97 Å². The van der Waals surface area contributed by atoms with Gasteiger partial charge in [0.2, 0.25) is 0 Å². The van der Waals surface area contributed by atoms with Crippen LogP contribution in [-0.2, 0) is 0 Å². The molecule has 0 atom stereocenters. The van der Waals surface area contributed by atoms with Gasteiger partial charge in [0.1, 0.15) is 0 Å². The van der Waals surface area contributed by atoms with Gasteiger partial charge >= 0.3 is 0 Å². The minimum absolute atomic E-state index is 0.919. The van der Waals surface area contributed by atoms with E-state index >= 15 is 0 Å². The summed E-state index contributed by atoms with van der Waals surface area (Å²) >= 11 is 0. The molecule has 3 rings (SSSR count). The monoisotopic (exact) mass is 179 g/mol. The molecule has 0 aliphatic carbocycles. The minimum atomic E-state index is 0.919. The summed E-state index contributed by atoms with van der Waals surface area (Å²) in [7, 11) is 0. The summed E-state index contributed by atoms with van der Waals surface area (Å²) in [5.74, 6) is 0. The molecule has 2 heteroatoms. The molecule has 0 fully saturated rings. The van der Waals surface area contributed by atoms with E-state index in [0.29, 0.717) is 0 Å². The summed E-state index contributed by atoms with van der Waals surface area (Å²) in [4.78, 5) is 8.50. The smallest absolute Gasteiger partial charge is 0.0893 e. The molecule has 0 N–H and O–H groups in total. The van der Waals surface area contributed by atoms with E-state index in [4.69, 9.17) is 0 Å². The van der Waals surface area contributed by atoms with E-state index in [9.17, 15) is 0 Å². The molecule has 0 aliphatic rings. The Morgan fingerprint density at radius 3 is 2.64 bits per heavy atom. The van der Waals surface area contributed by atoms with Crippen molar-refractivity contribution in [1.82, 2.24) is 9.97 Å². The van der Waals surface area contributed by atoms with Crippen LogP contribution in [0.25, 0.3) is 21.8 Å². The zero-order chi connectivity index (χ0) is 9.38. The van der Waals surface area contributed by atoms with Gasteiger partial charge in [-0.05, 0) is 29.0 Å². The van der Waals surface area contributed by atoms with E-state index in [1.165, 1.54) is 0 Å². The summed E-state index contributed by atoms with van der Waals surface area (Å²) in [5.41, 5.74) is 1.85. The highest BCUT2D eigenvalue weighted by molar-refractivity contribution is 5.94. The van der Waals surface area contributed by atoms with Crippen molar-refractivity contribution in [2.24, 2.45) is 0 Å². The average molecular weight is 179 g/mol. The third-order valence-electron chi connectivity index (χ3n) is 2.25. The van der Waals surface area contributed by atoms with Crippen molar-refractivity contribution in [3.05, 3.63) is 48.8 Å². The normalized spacial score (nSPS) is 10.9. The molecule has 2 nitrogen and oxygen atoms in total. The molecule has 2 aromatic carbocycles. The second-order valence-corrected chi connectivity index (χ2v) is 3.15. The van der Waals surface area contributed by atoms with Crippen molar-refractivity contribution in [3.8, 4) is 0 Å². The number of benzene rings is 2. The van der Waals surface area contributed by atoms with Gasteiger partial charge in [-0.2, -0.15) is 0 Å². The van der Waals surface area contributed by atoms with Crippen molar-refractivity contribution in [2.75, 3.05) is 0 Å². The topological polar surface area (TPSA) is 25.8 Å². The molecule has 1 heterocycles. The van der Waals surface area contributed by atoms with Crippen LogP contribution in [0.3, 0.4) is 0 Å². The van der Waals surface area contributed by atoms with Gasteiger partial charge in [0.05, 0.1) is 11.0 Å².